The van der Waals surface area contributed by atoms with Gasteiger partial charge in [0.15, 0.2) is 0 Å². The van der Waals surface area contributed by atoms with Crippen LogP contribution in [0.25, 0.3) is 0 Å². The van der Waals surface area contributed by atoms with E-state index in [1.54, 1.807) is 25.3 Å². The van der Waals surface area contributed by atoms with Crippen molar-refractivity contribution in [3.63, 3.8) is 0 Å². The summed E-state index contributed by atoms with van der Waals surface area (Å²) in [6.07, 6.45) is 0. The van der Waals surface area contributed by atoms with Gasteiger partial charge in [-0.2, -0.15) is 0 Å². The van der Waals surface area contributed by atoms with E-state index in [1.807, 2.05) is 24.3 Å². The molecule has 0 spiro atoms. The van der Waals surface area contributed by atoms with Crippen LogP contribution in [0.15, 0.2) is 42.5 Å². The molecule has 0 bridgehead atoms. The number of carbonyl (C=O) groups excluding carboxylic acids is 1. The molecule has 3 N–H and O–H groups in total. The molecule has 0 fully saturated rings. The molecule has 0 radical (unpaired) electrons. The first-order valence-electron chi connectivity index (χ1n) is 6.50. The van der Waals surface area contributed by atoms with Gasteiger partial charge in [-0.15, -0.1) is 0 Å². The second kappa shape index (κ2) is 7.11. The Morgan fingerprint density at radius 1 is 1.24 bits per heavy atom. The summed E-state index contributed by atoms with van der Waals surface area (Å²) in [5.41, 5.74) is 8.65. The van der Waals surface area contributed by atoms with Crippen LogP contribution in [0.5, 0.6) is 0 Å². The summed E-state index contributed by atoms with van der Waals surface area (Å²) in [5.74, 6) is -0.191. The highest BCUT2D eigenvalue weighted by atomic mass is 35.5. The number of rotatable bonds is 5. The first-order chi connectivity index (χ1) is 10.1. The first kappa shape index (κ1) is 15.4. The monoisotopic (exact) mass is 304 g/mol. The fourth-order valence-corrected chi connectivity index (χ4v) is 2.15. The van der Waals surface area contributed by atoms with Crippen molar-refractivity contribution in [3.05, 3.63) is 64.2 Å². The lowest BCUT2D eigenvalue weighted by atomic mass is 10.1. The van der Waals surface area contributed by atoms with E-state index in [1.165, 1.54) is 0 Å². The number of methoxy groups -OCH3 is 1. The van der Waals surface area contributed by atoms with Crippen LogP contribution in [-0.4, -0.2) is 13.0 Å². The summed E-state index contributed by atoms with van der Waals surface area (Å²) in [7, 11) is 1.64. The van der Waals surface area contributed by atoms with E-state index in [4.69, 9.17) is 22.1 Å². The highest BCUT2D eigenvalue weighted by Gasteiger charge is 2.08. The molecule has 21 heavy (non-hydrogen) atoms. The van der Waals surface area contributed by atoms with Crippen LogP contribution in [0.2, 0.25) is 5.02 Å². The Hall–Kier alpha value is -2.04. The maximum absolute atomic E-state index is 12.1. The number of carbonyl (C=O) groups is 1. The molecule has 0 aliphatic rings. The lowest BCUT2D eigenvalue weighted by Crippen LogP contribution is -2.23. The molecule has 2 aromatic rings. The van der Waals surface area contributed by atoms with Gasteiger partial charge in [-0.25, -0.2) is 0 Å². The van der Waals surface area contributed by atoms with Gasteiger partial charge in [0.2, 0.25) is 0 Å². The number of halogens is 1. The van der Waals surface area contributed by atoms with Crippen molar-refractivity contribution < 1.29 is 9.53 Å². The number of nitrogen functional groups attached to an aromatic ring is 1. The SMILES string of the molecule is COCc1ccccc1CNC(=O)c1ccc(N)c(Cl)c1. The minimum Gasteiger partial charge on any atom is -0.398 e. The van der Waals surface area contributed by atoms with Crippen molar-refractivity contribution in [1.29, 1.82) is 0 Å². The molecule has 0 heterocycles. The molecule has 5 heteroatoms. The van der Waals surface area contributed by atoms with Crippen molar-refractivity contribution in [2.45, 2.75) is 13.2 Å². The topological polar surface area (TPSA) is 64.3 Å². The fraction of sp³-hybridized carbons (Fsp3) is 0.188. The molecule has 0 aliphatic heterocycles. The number of hydrogen-bond acceptors (Lipinski definition) is 3. The van der Waals surface area contributed by atoms with Crippen LogP contribution in [-0.2, 0) is 17.9 Å². The van der Waals surface area contributed by atoms with Crippen LogP contribution < -0.4 is 11.1 Å². The summed E-state index contributed by atoms with van der Waals surface area (Å²) in [4.78, 5) is 12.1. The maximum Gasteiger partial charge on any atom is 0.251 e. The smallest absolute Gasteiger partial charge is 0.251 e. The van der Waals surface area contributed by atoms with Gasteiger partial charge < -0.3 is 15.8 Å². The number of anilines is 1. The number of hydrogen-bond donors (Lipinski definition) is 2. The maximum atomic E-state index is 12.1. The van der Waals surface area contributed by atoms with Gasteiger partial charge in [-0.3, -0.25) is 4.79 Å². The minimum absolute atomic E-state index is 0.191. The van der Waals surface area contributed by atoms with E-state index >= 15 is 0 Å². The molecule has 0 saturated heterocycles. The van der Waals surface area contributed by atoms with Crippen molar-refractivity contribution in [2.24, 2.45) is 0 Å². The molecular formula is C16H17ClN2O2. The Kier molecular flexibility index (Phi) is 5.20. The number of benzene rings is 2. The molecule has 110 valence electrons. The zero-order valence-electron chi connectivity index (χ0n) is 11.7. The summed E-state index contributed by atoms with van der Waals surface area (Å²) in [6.45, 7) is 0.945. The number of amides is 1. The lowest BCUT2D eigenvalue weighted by molar-refractivity contribution is 0.0950. The Labute approximate surface area is 128 Å². The van der Waals surface area contributed by atoms with Crippen molar-refractivity contribution in [3.8, 4) is 0 Å². The van der Waals surface area contributed by atoms with E-state index < -0.39 is 0 Å². The Bertz CT molecular complexity index is 644. The normalized spacial score (nSPS) is 10.4. The summed E-state index contributed by atoms with van der Waals surface area (Å²) < 4.78 is 5.14. The molecule has 0 saturated carbocycles. The predicted octanol–water partition coefficient (Wildman–Crippen LogP) is 3.00. The highest BCUT2D eigenvalue weighted by molar-refractivity contribution is 6.33. The summed E-state index contributed by atoms with van der Waals surface area (Å²) >= 11 is 5.92. The predicted molar refractivity (Wildman–Crippen MR) is 84.2 cm³/mol. The van der Waals surface area contributed by atoms with Gasteiger partial charge in [0.1, 0.15) is 0 Å². The molecule has 0 aliphatic carbocycles. The van der Waals surface area contributed by atoms with Crippen LogP contribution in [0.4, 0.5) is 5.69 Å². The number of ether oxygens (including phenoxy) is 1. The van der Waals surface area contributed by atoms with Gasteiger partial charge in [0.25, 0.3) is 5.91 Å². The van der Waals surface area contributed by atoms with E-state index in [0.717, 1.165) is 11.1 Å². The van der Waals surface area contributed by atoms with Crippen LogP contribution in [0.1, 0.15) is 21.5 Å². The second-order valence-corrected chi connectivity index (χ2v) is 5.03. The number of nitrogens with two attached hydrogens (primary N) is 1. The third-order valence-corrected chi connectivity index (χ3v) is 3.45. The fourth-order valence-electron chi connectivity index (χ4n) is 1.97. The lowest BCUT2D eigenvalue weighted by Gasteiger charge is -2.10. The molecular weight excluding hydrogens is 288 g/mol. The zero-order valence-corrected chi connectivity index (χ0v) is 12.5. The van der Waals surface area contributed by atoms with E-state index in [-0.39, 0.29) is 5.91 Å². The van der Waals surface area contributed by atoms with E-state index in [9.17, 15) is 4.79 Å². The number of nitrogens with one attached hydrogen (secondary N) is 1. The molecule has 4 nitrogen and oxygen atoms in total. The Morgan fingerprint density at radius 3 is 2.62 bits per heavy atom. The molecule has 1 amide bonds. The van der Waals surface area contributed by atoms with Crippen molar-refractivity contribution in [2.75, 3.05) is 12.8 Å². The largest absolute Gasteiger partial charge is 0.398 e. The third kappa shape index (κ3) is 3.97. The second-order valence-electron chi connectivity index (χ2n) is 4.62. The van der Waals surface area contributed by atoms with Crippen molar-refractivity contribution in [1.82, 2.24) is 5.32 Å². The van der Waals surface area contributed by atoms with Gasteiger partial charge in [-0.05, 0) is 29.3 Å². The third-order valence-electron chi connectivity index (χ3n) is 3.12. The summed E-state index contributed by atoms with van der Waals surface area (Å²) in [6, 6.07) is 12.6. The Morgan fingerprint density at radius 2 is 1.95 bits per heavy atom. The quantitative estimate of drug-likeness (QED) is 0.835. The Balaban J connectivity index is 2.05. The first-order valence-corrected chi connectivity index (χ1v) is 6.88. The molecule has 0 atom stereocenters. The van der Waals surface area contributed by atoms with Gasteiger partial charge >= 0.3 is 0 Å². The van der Waals surface area contributed by atoms with Gasteiger partial charge in [0.05, 0.1) is 17.3 Å². The van der Waals surface area contributed by atoms with E-state index in [0.29, 0.717) is 29.4 Å². The average Bonchev–Trinajstić information content (AvgIpc) is 2.49. The minimum atomic E-state index is -0.191. The molecule has 2 rings (SSSR count). The average molecular weight is 305 g/mol. The van der Waals surface area contributed by atoms with Crippen molar-refractivity contribution >= 4 is 23.2 Å². The standard InChI is InChI=1S/C16H17ClN2O2/c1-21-10-13-5-3-2-4-12(13)9-19-16(20)11-6-7-15(18)14(17)8-11/h2-8H,9-10,18H2,1H3,(H,19,20). The molecule has 2 aromatic carbocycles. The highest BCUT2D eigenvalue weighted by Crippen LogP contribution is 2.19. The summed E-state index contributed by atoms with van der Waals surface area (Å²) in [5, 5.41) is 3.24. The molecule has 0 aromatic heterocycles. The van der Waals surface area contributed by atoms with Gasteiger partial charge in [0, 0.05) is 19.2 Å². The van der Waals surface area contributed by atoms with Gasteiger partial charge in [-0.1, -0.05) is 35.9 Å². The van der Waals surface area contributed by atoms with Crippen LogP contribution >= 0.6 is 11.6 Å². The van der Waals surface area contributed by atoms with Crippen LogP contribution in [0, 0.1) is 0 Å². The zero-order chi connectivity index (χ0) is 15.2. The van der Waals surface area contributed by atoms with E-state index in [2.05, 4.69) is 5.32 Å². The molecule has 0 unspecified atom stereocenters. The van der Waals surface area contributed by atoms with Crippen LogP contribution in [0.3, 0.4) is 0 Å².